The molecule has 0 aliphatic carbocycles. The van der Waals surface area contributed by atoms with Crippen LogP contribution >= 0.6 is 11.3 Å². The Labute approximate surface area is 134 Å². The molecule has 0 saturated carbocycles. The number of nitrogens with two attached hydrogens (primary N) is 1. The van der Waals surface area contributed by atoms with E-state index in [-0.39, 0.29) is 11.5 Å². The Hall–Kier alpha value is -2.87. The molecule has 0 aromatic carbocycles. The van der Waals surface area contributed by atoms with Gasteiger partial charge in [0.2, 0.25) is 0 Å². The van der Waals surface area contributed by atoms with Crippen LogP contribution in [0, 0.1) is 12.7 Å². The minimum Gasteiger partial charge on any atom is -0.381 e. The minimum absolute atomic E-state index is 0.187. The maximum absolute atomic E-state index is 14.3. The number of nitrogen functional groups attached to an aromatic ring is 1. The predicted molar refractivity (Wildman–Crippen MR) is 87.3 cm³/mol. The van der Waals surface area contributed by atoms with Crippen molar-refractivity contribution < 1.29 is 4.39 Å². The Morgan fingerprint density at radius 3 is 2.91 bits per heavy atom. The zero-order chi connectivity index (χ0) is 16.0. The maximum Gasteiger partial charge on any atom is 0.192 e. The summed E-state index contributed by atoms with van der Waals surface area (Å²) in [4.78, 5) is 20.9. The number of H-pyrrole nitrogens is 1. The molecular weight excluding hydrogens is 315 g/mol. The zero-order valence-corrected chi connectivity index (χ0v) is 12.9. The van der Waals surface area contributed by atoms with Gasteiger partial charge in [0.05, 0.1) is 22.3 Å². The molecule has 0 bridgehead atoms. The average Bonchev–Trinajstić information content (AvgIpc) is 3.19. The Morgan fingerprint density at radius 2 is 2.13 bits per heavy atom. The highest BCUT2D eigenvalue weighted by atomic mass is 32.1. The molecule has 0 fully saturated rings. The lowest BCUT2D eigenvalue weighted by Gasteiger charge is -2.06. The van der Waals surface area contributed by atoms with Gasteiger partial charge in [-0.1, -0.05) is 6.07 Å². The van der Waals surface area contributed by atoms with Crippen LogP contribution in [0.4, 0.5) is 10.2 Å². The first kappa shape index (κ1) is 13.8. The molecule has 0 aliphatic heterocycles. The number of nitrogens with zero attached hydrogens (tertiary/aromatic N) is 4. The Balaban J connectivity index is 1.97. The van der Waals surface area contributed by atoms with Gasteiger partial charge in [-0.2, -0.15) is 0 Å². The summed E-state index contributed by atoms with van der Waals surface area (Å²) in [5.74, 6) is -0.481. The zero-order valence-electron chi connectivity index (χ0n) is 12.0. The van der Waals surface area contributed by atoms with Crippen LogP contribution < -0.4 is 5.73 Å². The molecule has 0 aliphatic rings. The number of hydrogen-bond donors (Lipinski definition) is 2. The van der Waals surface area contributed by atoms with E-state index < -0.39 is 5.82 Å². The van der Waals surface area contributed by atoms with E-state index in [1.54, 1.807) is 18.5 Å². The molecular formula is C15H11FN6S. The van der Waals surface area contributed by atoms with Crippen LogP contribution in [0.2, 0.25) is 0 Å². The molecule has 0 unspecified atom stereocenters. The van der Waals surface area contributed by atoms with Crippen molar-refractivity contribution in [2.24, 2.45) is 0 Å². The van der Waals surface area contributed by atoms with Gasteiger partial charge in [0.15, 0.2) is 23.1 Å². The molecule has 0 amide bonds. The normalized spacial score (nSPS) is 11.2. The Morgan fingerprint density at radius 1 is 1.26 bits per heavy atom. The van der Waals surface area contributed by atoms with Crippen molar-refractivity contribution in [3.8, 4) is 22.0 Å². The molecule has 114 valence electrons. The highest BCUT2D eigenvalue weighted by Crippen LogP contribution is 2.31. The largest absolute Gasteiger partial charge is 0.381 e. The Kier molecular flexibility index (Phi) is 3.05. The van der Waals surface area contributed by atoms with Crippen molar-refractivity contribution in [1.82, 2.24) is 24.9 Å². The van der Waals surface area contributed by atoms with Crippen LogP contribution in [0.15, 0.2) is 29.9 Å². The van der Waals surface area contributed by atoms with Gasteiger partial charge in [-0.25, -0.2) is 24.3 Å². The Bertz CT molecular complexity index is 1010. The quantitative estimate of drug-likeness (QED) is 0.590. The maximum atomic E-state index is 14.3. The molecule has 6 nitrogen and oxygen atoms in total. The lowest BCUT2D eigenvalue weighted by Crippen LogP contribution is -2.02. The summed E-state index contributed by atoms with van der Waals surface area (Å²) in [7, 11) is 0. The van der Waals surface area contributed by atoms with Crippen molar-refractivity contribution in [2.75, 3.05) is 5.73 Å². The first-order chi connectivity index (χ1) is 11.1. The van der Waals surface area contributed by atoms with Crippen LogP contribution in [-0.2, 0) is 0 Å². The second-order valence-electron chi connectivity index (χ2n) is 4.98. The van der Waals surface area contributed by atoms with E-state index in [1.807, 2.05) is 18.4 Å². The number of thiophene rings is 1. The van der Waals surface area contributed by atoms with Gasteiger partial charge < -0.3 is 10.7 Å². The number of aryl methyl sites for hydroxylation is 1. The van der Waals surface area contributed by atoms with Gasteiger partial charge in [-0.15, -0.1) is 11.3 Å². The van der Waals surface area contributed by atoms with E-state index in [4.69, 9.17) is 5.73 Å². The number of hydrogen-bond acceptors (Lipinski definition) is 6. The standard InChI is InChI=1S/C15H11FN6S/c1-7-5-18-15-11(20-7)8(6-19-15)14-21-12(9-3-2-4-23-9)10(16)13(17)22-14/h2-6H,1H3,(H,18,19)(H2,17,21,22). The number of halogens is 1. The topological polar surface area (TPSA) is 93.4 Å². The van der Waals surface area contributed by atoms with Crippen LogP contribution in [0.3, 0.4) is 0 Å². The highest BCUT2D eigenvalue weighted by Gasteiger charge is 2.18. The van der Waals surface area contributed by atoms with E-state index in [0.29, 0.717) is 27.4 Å². The molecule has 3 N–H and O–H groups in total. The molecule has 0 spiro atoms. The fourth-order valence-corrected chi connectivity index (χ4v) is 3.02. The molecule has 4 aromatic rings. The third-order valence-corrected chi connectivity index (χ3v) is 4.25. The molecule has 4 heterocycles. The van der Waals surface area contributed by atoms with E-state index in [9.17, 15) is 4.39 Å². The van der Waals surface area contributed by atoms with E-state index in [2.05, 4.69) is 24.9 Å². The van der Waals surface area contributed by atoms with Crippen molar-refractivity contribution >= 4 is 28.3 Å². The third kappa shape index (κ3) is 2.23. The van der Waals surface area contributed by atoms with Crippen LogP contribution in [0.5, 0.6) is 0 Å². The summed E-state index contributed by atoms with van der Waals surface area (Å²) in [6, 6.07) is 3.62. The number of rotatable bonds is 2. The smallest absolute Gasteiger partial charge is 0.192 e. The van der Waals surface area contributed by atoms with E-state index in [1.165, 1.54) is 11.3 Å². The number of nitrogens with one attached hydrogen (secondary N) is 1. The molecule has 0 atom stereocenters. The monoisotopic (exact) mass is 326 g/mol. The fraction of sp³-hybridized carbons (Fsp3) is 0.0667. The first-order valence-electron chi connectivity index (χ1n) is 6.81. The van der Waals surface area contributed by atoms with Gasteiger partial charge in [0.25, 0.3) is 0 Å². The fourth-order valence-electron chi connectivity index (χ4n) is 2.31. The van der Waals surface area contributed by atoms with Crippen molar-refractivity contribution in [3.05, 3.63) is 41.4 Å². The summed E-state index contributed by atoms with van der Waals surface area (Å²) >= 11 is 1.39. The van der Waals surface area contributed by atoms with Gasteiger partial charge in [0.1, 0.15) is 11.2 Å². The summed E-state index contributed by atoms with van der Waals surface area (Å²) in [5, 5.41) is 1.85. The molecule has 8 heteroatoms. The van der Waals surface area contributed by atoms with Gasteiger partial charge >= 0.3 is 0 Å². The van der Waals surface area contributed by atoms with Crippen molar-refractivity contribution in [2.45, 2.75) is 6.92 Å². The molecule has 4 aromatic heterocycles. The SMILES string of the molecule is Cc1cnc2[nH]cc(-c3nc(N)c(F)c(-c4cccs4)n3)c2n1. The van der Waals surface area contributed by atoms with Crippen molar-refractivity contribution in [1.29, 1.82) is 0 Å². The summed E-state index contributed by atoms with van der Waals surface area (Å²) in [6.45, 7) is 1.85. The lowest BCUT2D eigenvalue weighted by atomic mass is 10.2. The number of anilines is 1. The van der Waals surface area contributed by atoms with Gasteiger partial charge in [0, 0.05) is 6.20 Å². The van der Waals surface area contributed by atoms with Crippen LogP contribution in [-0.4, -0.2) is 24.9 Å². The highest BCUT2D eigenvalue weighted by molar-refractivity contribution is 7.13. The summed E-state index contributed by atoms with van der Waals surface area (Å²) in [6.07, 6.45) is 3.37. The number of fused-ring (bicyclic) bond motifs is 1. The van der Waals surface area contributed by atoms with Gasteiger partial charge in [-0.3, -0.25) is 0 Å². The molecule has 0 saturated heterocycles. The number of aromatic nitrogens is 5. The van der Waals surface area contributed by atoms with Crippen molar-refractivity contribution in [3.63, 3.8) is 0 Å². The lowest BCUT2D eigenvalue weighted by molar-refractivity contribution is 0.625. The van der Waals surface area contributed by atoms with E-state index >= 15 is 0 Å². The molecule has 23 heavy (non-hydrogen) atoms. The second kappa shape index (κ2) is 5.10. The van der Waals surface area contributed by atoms with Gasteiger partial charge in [-0.05, 0) is 18.4 Å². The van der Waals surface area contributed by atoms with E-state index in [0.717, 1.165) is 5.69 Å². The summed E-state index contributed by atoms with van der Waals surface area (Å²) < 4.78 is 14.3. The second-order valence-corrected chi connectivity index (χ2v) is 5.93. The molecule has 4 rings (SSSR count). The number of aromatic amines is 1. The third-order valence-electron chi connectivity index (χ3n) is 3.37. The predicted octanol–water partition coefficient (Wildman–Crippen LogP) is 3.17. The minimum atomic E-state index is -0.613. The average molecular weight is 326 g/mol. The van der Waals surface area contributed by atoms with Crippen LogP contribution in [0.25, 0.3) is 33.1 Å². The first-order valence-corrected chi connectivity index (χ1v) is 7.69. The van der Waals surface area contributed by atoms with Crippen LogP contribution in [0.1, 0.15) is 5.69 Å². The molecule has 0 radical (unpaired) electrons. The summed E-state index contributed by atoms with van der Waals surface area (Å²) in [5.41, 5.74) is 8.59.